The molecule has 0 saturated carbocycles. The van der Waals surface area contributed by atoms with Gasteiger partial charge in [0.1, 0.15) is 36.4 Å². The molecule has 154 valence electrons. The highest BCUT2D eigenvalue weighted by molar-refractivity contribution is 6.35. The van der Waals surface area contributed by atoms with E-state index in [-0.39, 0.29) is 5.84 Å². The van der Waals surface area contributed by atoms with E-state index in [0.717, 1.165) is 0 Å². The van der Waals surface area contributed by atoms with Crippen LogP contribution in [0.2, 0.25) is 5.02 Å². The molecule has 0 aromatic heterocycles. The highest BCUT2D eigenvalue weighted by Gasteiger charge is 2.49. The summed E-state index contributed by atoms with van der Waals surface area (Å²) in [5.74, 6) is 6.47. The Morgan fingerprint density at radius 1 is 1.18 bits per heavy atom. The largest absolute Gasteiger partial charge is 0.394 e. The van der Waals surface area contributed by atoms with Crippen LogP contribution in [0.4, 0.5) is 0 Å². The van der Waals surface area contributed by atoms with Gasteiger partial charge in [-0.1, -0.05) is 36.7 Å². The molecule has 0 spiro atoms. The third-order valence-corrected chi connectivity index (χ3v) is 5.44. The van der Waals surface area contributed by atoms with Crippen LogP contribution in [-0.4, -0.2) is 74.6 Å². The Labute approximate surface area is 167 Å². The highest BCUT2D eigenvalue weighted by atomic mass is 35.5. The fourth-order valence-corrected chi connectivity index (χ4v) is 3.86. The Bertz CT molecular complexity index is 787. The van der Waals surface area contributed by atoms with Crippen molar-refractivity contribution in [2.24, 2.45) is 16.6 Å². The van der Waals surface area contributed by atoms with E-state index in [4.69, 9.17) is 27.9 Å². The van der Waals surface area contributed by atoms with Crippen LogP contribution in [0.15, 0.2) is 35.0 Å². The number of ether oxygens (including phenoxy) is 1. The lowest BCUT2D eigenvalue weighted by atomic mass is 9.92. The number of amidine groups is 1. The molecule has 8 N–H and O–H groups in total. The predicted octanol–water partition coefficient (Wildman–Crippen LogP) is -0.824. The number of aliphatic hydroxyl groups is 4. The summed E-state index contributed by atoms with van der Waals surface area (Å²) < 4.78 is 5.60. The van der Waals surface area contributed by atoms with E-state index >= 15 is 0 Å². The number of nitrogens with zero attached hydrogens (tertiary/aromatic N) is 2. The minimum Gasteiger partial charge on any atom is -0.394 e. The van der Waals surface area contributed by atoms with E-state index in [1.54, 1.807) is 18.2 Å². The van der Waals surface area contributed by atoms with Crippen LogP contribution in [0.3, 0.4) is 0 Å². The average molecular weight is 413 g/mol. The van der Waals surface area contributed by atoms with E-state index in [9.17, 15) is 20.4 Å². The summed E-state index contributed by atoms with van der Waals surface area (Å²) >= 11 is 6.32. The van der Waals surface area contributed by atoms with Gasteiger partial charge >= 0.3 is 0 Å². The van der Waals surface area contributed by atoms with Crippen molar-refractivity contribution in [2.75, 3.05) is 6.61 Å². The molecule has 0 radical (unpaired) electrons. The fourth-order valence-electron chi connectivity index (χ4n) is 3.63. The number of benzene rings is 1. The van der Waals surface area contributed by atoms with E-state index < -0.39 is 43.3 Å². The smallest absolute Gasteiger partial charge is 0.165 e. The van der Waals surface area contributed by atoms with E-state index in [1.807, 2.05) is 13.0 Å². The number of hydrazine groups is 1. The van der Waals surface area contributed by atoms with E-state index in [0.29, 0.717) is 28.3 Å². The van der Waals surface area contributed by atoms with Crippen molar-refractivity contribution < 1.29 is 25.2 Å². The third-order valence-electron chi connectivity index (χ3n) is 5.11. The molecule has 10 heteroatoms. The van der Waals surface area contributed by atoms with Crippen molar-refractivity contribution in [3.8, 4) is 0 Å². The van der Waals surface area contributed by atoms with Crippen molar-refractivity contribution >= 4 is 23.0 Å². The number of allylic oxidation sites excluding steroid dienone is 1. The van der Waals surface area contributed by atoms with Crippen LogP contribution < -0.4 is 11.6 Å². The van der Waals surface area contributed by atoms with Gasteiger partial charge in [-0.25, -0.2) is 10.8 Å². The number of hydrogen-bond acceptors (Lipinski definition) is 9. The Morgan fingerprint density at radius 2 is 1.86 bits per heavy atom. The molecular formula is C18H25ClN4O5. The second-order valence-electron chi connectivity index (χ2n) is 6.78. The molecule has 2 heterocycles. The van der Waals surface area contributed by atoms with Crippen molar-refractivity contribution in [3.63, 3.8) is 0 Å². The topological polar surface area (TPSA) is 158 Å². The number of hydrogen-bond donors (Lipinski definition) is 6. The first-order chi connectivity index (χ1) is 13.3. The number of aliphatic imine (C=N–C) groups is 1. The Balaban J connectivity index is 2.00. The van der Waals surface area contributed by atoms with Crippen molar-refractivity contribution in [1.82, 2.24) is 5.01 Å². The van der Waals surface area contributed by atoms with E-state index in [1.165, 1.54) is 5.01 Å². The molecule has 1 aromatic carbocycles. The first-order valence-corrected chi connectivity index (χ1v) is 9.35. The SMILES string of the molecule is CCC1=C(c2ccccc2Cl)C(N)=NC([C@H]2O[C@H](CO)[C@@H](O)[C@H](O)[C@@H]2O)N1N. The quantitative estimate of drug-likeness (QED) is 0.350. The maximum absolute atomic E-state index is 10.4. The fraction of sp³-hybridized carbons (Fsp3) is 0.500. The van der Waals surface area contributed by atoms with Crippen molar-refractivity contribution in [1.29, 1.82) is 0 Å². The Hall–Kier alpha value is -1.72. The molecule has 1 fully saturated rings. The van der Waals surface area contributed by atoms with Gasteiger partial charge in [0.15, 0.2) is 6.17 Å². The average Bonchev–Trinajstić information content (AvgIpc) is 2.68. The number of aliphatic hydroxyl groups excluding tert-OH is 4. The molecule has 0 aliphatic carbocycles. The van der Waals surface area contributed by atoms with Crippen LogP contribution in [0.1, 0.15) is 18.9 Å². The molecule has 1 saturated heterocycles. The van der Waals surface area contributed by atoms with E-state index in [2.05, 4.69) is 4.99 Å². The number of nitrogens with two attached hydrogens (primary N) is 2. The molecule has 0 amide bonds. The van der Waals surface area contributed by atoms with Gasteiger partial charge < -0.3 is 30.9 Å². The summed E-state index contributed by atoms with van der Waals surface area (Å²) in [6.07, 6.45) is -7.13. The standard InChI is InChI=1S/C18H25ClN4O5/c1-2-10-12(8-5-3-4-6-9(8)19)17(20)22-18(23(10)21)16-15(27)14(26)13(25)11(7-24)28-16/h3-6,11,13-16,18,24-27H,2,7,21H2,1H3,(H2,20,22)/t11-,13-,14+,15+,16+,18?/m1/s1. The van der Waals surface area contributed by atoms with Gasteiger partial charge in [-0.2, -0.15) is 0 Å². The van der Waals surface area contributed by atoms with Gasteiger partial charge in [-0.3, -0.25) is 5.01 Å². The molecule has 2 aliphatic heterocycles. The summed E-state index contributed by atoms with van der Waals surface area (Å²) in [6.45, 7) is 1.34. The summed E-state index contributed by atoms with van der Waals surface area (Å²) in [4.78, 5) is 4.38. The van der Waals surface area contributed by atoms with Gasteiger partial charge in [-0.15, -0.1) is 0 Å². The van der Waals surface area contributed by atoms with Crippen LogP contribution >= 0.6 is 11.6 Å². The predicted molar refractivity (Wildman–Crippen MR) is 104 cm³/mol. The number of rotatable bonds is 4. The third kappa shape index (κ3) is 3.50. The molecular weight excluding hydrogens is 388 g/mol. The van der Waals surface area contributed by atoms with Gasteiger partial charge in [0.2, 0.25) is 0 Å². The first-order valence-electron chi connectivity index (χ1n) is 8.97. The lowest BCUT2D eigenvalue weighted by Gasteiger charge is -2.45. The Kier molecular flexibility index (Phi) is 6.25. The summed E-state index contributed by atoms with van der Waals surface area (Å²) in [7, 11) is 0. The van der Waals surface area contributed by atoms with Gasteiger partial charge in [0, 0.05) is 21.9 Å². The van der Waals surface area contributed by atoms with Crippen LogP contribution in [0.25, 0.3) is 5.57 Å². The second-order valence-corrected chi connectivity index (χ2v) is 7.19. The van der Waals surface area contributed by atoms with Crippen LogP contribution in [0, 0.1) is 0 Å². The summed E-state index contributed by atoms with van der Waals surface area (Å²) in [5.41, 5.74) is 8.11. The molecule has 1 aromatic rings. The lowest BCUT2D eigenvalue weighted by molar-refractivity contribution is -0.241. The summed E-state index contributed by atoms with van der Waals surface area (Å²) in [6, 6.07) is 7.15. The molecule has 6 atom stereocenters. The molecule has 3 rings (SSSR count). The molecule has 2 aliphatic rings. The molecule has 28 heavy (non-hydrogen) atoms. The van der Waals surface area contributed by atoms with Crippen LogP contribution in [0.5, 0.6) is 0 Å². The monoisotopic (exact) mass is 412 g/mol. The zero-order chi connectivity index (χ0) is 20.6. The minimum atomic E-state index is -1.53. The zero-order valence-corrected chi connectivity index (χ0v) is 16.1. The highest BCUT2D eigenvalue weighted by Crippen LogP contribution is 2.35. The van der Waals surface area contributed by atoms with Gasteiger partial charge in [-0.05, 0) is 12.5 Å². The minimum absolute atomic E-state index is 0.161. The lowest BCUT2D eigenvalue weighted by Crippen LogP contribution is -2.65. The van der Waals surface area contributed by atoms with Crippen LogP contribution in [-0.2, 0) is 4.74 Å². The first kappa shape index (κ1) is 21.0. The van der Waals surface area contributed by atoms with Gasteiger partial charge in [0.05, 0.1) is 6.61 Å². The van der Waals surface area contributed by atoms with Crippen molar-refractivity contribution in [2.45, 2.75) is 50.0 Å². The zero-order valence-electron chi connectivity index (χ0n) is 15.3. The second kappa shape index (κ2) is 8.34. The van der Waals surface area contributed by atoms with Gasteiger partial charge in [0.25, 0.3) is 0 Å². The van der Waals surface area contributed by atoms with Crippen molar-refractivity contribution in [3.05, 3.63) is 40.5 Å². The molecule has 1 unspecified atom stereocenters. The molecule has 0 bridgehead atoms. The maximum Gasteiger partial charge on any atom is 0.165 e. The maximum atomic E-state index is 10.4. The normalized spacial score (nSPS) is 33.8. The summed E-state index contributed by atoms with van der Waals surface area (Å²) in [5, 5.41) is 41.7. The molecule has 9 nitrogen and oxygen atoms in total. The Morgan fingerprint density at radius 3 is 2.46 bits per heavy atom. The number of halogens is 1.